The van der Waals surface area contributed by atoms with Gasteiger partial charge in [0.15, 0.2) is 11.5 Å². The molecule has 1 aliphatic rings. The maximum atomic E-state index is 12.4. The van der Waals surface area contributed by atoms with E-state index in [2.05, 4.69) is 24.1 Å². The summed E-state index contributed by atoms with van der Waals surface area (Å²) in [5, 5.41) is 0. The molecule has 0 radical (unpaired) electrons. The molecule has 2 aromatic carbocycles. The van der Waals surface area contributed by atoms with Crippen LogP contribution < -0.4 is 24.5 Å². The van der Waals surface area contributed by atoms with Crippen LogP contribution in [-0.4, -0.2) is 34.1 Å². The topological polar surface area (TPSA) is 103 Å². The number of ether oxygens (including phenoxy) is 3. The van der Waals surface area contributed by atoms with Crippen LogP contribution in [0.15, 0.2) is 47.4 Å². The highest BCUT2D eigenvalue weighted by atomic mass is 32.2. The molecule has 2 aromatic rings. The zero-order chi connectivity index (χ0) is 20.9. The number of benzene rings is 2. The van der Waals surface area contributed by atoms with Crippen LogP contribution in [0, 0.1) is 5.92 Å². The van der Waals surface area contributed by atoms with E-state index >= 15 is 0 Å². The molecule has 0 spiro atoms. The predicted octanol–water partition coefficient (Wildman–Crippen LogP) is 2.51. The van der Waals surface area contributed by atoms with Gasteiger partial charge < -0.3 is 14.2 Å². The lowest BCUT2D eigenvalue weighted by Crippen LogP contribution is -2.41. The first kappa shape index (κ1) is 20.9. The van der Waals surface area contributed by atoms with Gasteiger partial charge in [0.05, 0.1) is 11.5 Å². The molecule has 0 aromatic heterocycles. The normalized spacial score (nSPS) is 13.2. The second kappa shape index (κ2) is 9.15. The van der Waals surface area contributed by atoms with Crippen LogP contribution in [0.3, 0.4) is 0 Å². The number of hydrazine groups is 1. The van der Waals surface area contributed by atoms with Gasteiger partial charge in [0.2, 0.25) is 0 Å². The standard InChI is InChI=1S/C20H24N2O6S/c1-14(2)9-10-26-16-5-3-15(4-6-16)20(23)21-22-29(24,25)17-7-8-18-19(13-17)28-12-11-27-18/h3-8,13-14,22H,9-12H2,1-2H3,(H,21,23). The Hall–Kier alpha value is -2.78. The first-order chi connectivity index (χ1) is 13.8. The second-order valence-electron chi connectivity index (χ2n) is 6.92. The lowest BCUT2D eigenvalue weighted by atomic mass is 10.1. The highest BCUT2D eigenvalue weighted by Crippen LogP contribution is 2.32. The fourth-order valence-electron chi connectivity index (χ4n) is 2.55. The molecule has 8 nitrogen and oxygen atoms in total. The molecule has 1 amide bonds. The molecule has 0 fully saturated rings. The molecule has 2 N–H and O–H groups in total. The van der Waals surface area contributed by atoms with Gasteiger partial charge in [-0.1, -0.05) is 13.8 Å². The quantitative estimate of drug-likeness (QED) is 0.636. The number of carbonyl (C=O) groups excluding carboxylic acids is 1. The van der Waals surface area contributed by atoms with Crippen molar-refractivity contribution < 1.29 is 27.4 Å². The molecule has 0 aliphatic carbocycles. The minimum absolute atomic E-state index is 0.0454. The molecule has 1 aliphatic heterocycles. The Labute approximate surface area is 170 Å². The number of nitrogens with one attached hydrogen (secondary N) is 2. The monoisotopic (exact) mass is 420 g/mol. The largest absolute Gasteiger partial charge is 0.494 e. The summed E-state index contributed by atoms with van der Waals surface area (Å²) < 4.78 is 41.2. The zero-order valence-electron chi connectivity index (χ0n) is 16.3. The third kappa shape index (κ3) is 5.61. The molecule has 0 unspecified atom stereocenters. The fourth-order valence-corrected chi connectivity index (χ4v) is 3.40. The lowest BCUT2D eigenvalue weighted by Gasteiger charge is -2.19. The Morgan fingerprint density at radius 1 is 1.07 bits per heavy atom. The second-order valence-corrected chi connectivity index (χ2v) is 8.60. The van der Waals surface area contributed by atoms with E-state index in [1.807, 2.05) is 0 Å². The van der Waals surface area contributed by atoms with Crippen LogP contribution in [0.25, 0.3) is 0 Å². The first-order valence-corrected chi connectivity index (χ1v) is 10.8. The van der Waals surface area contributed by atoms with E-state index in [0.29, 0.717) is 48.6 Å². The summed E-state index contributed by atoms with van der Waals surface area (Å²) in [7, 11) is -3.97. The highest BCUT2D eigenvalue weighted by molar-refractivity contribution is 7.89. The number of fused-ring (bicyclic) bond motifs is 1. The van der Waals surface area contributed by atoms with Gasteiger partial charge in [-0.05, 0) is 48.7 Å². The van der Waals surface area contributed by atoms with Gasteiger partial charge in [-0.25, -0.2) is 8.42 Å². The van der Waals surface area contributed by atoms with Gasteiger partial charge in [0.25, 0.3) is 15.9 Å². The minimum atomic E-state index is -3.97. The Morgan fingerprint density at radius 3 is 2.45 bits per heavy atom. The van der Waals surface area contributed by atoms with Crippen molar-refractivity contribution in [2.24, 2.45) is 5.92 Å². The third-order valence-electron chi connectivity index (χ3n) is 4.20. The van der Waals surface area contributed by atoms with Crippen LogP contribution in [0.4, 0.5) is 0 Å². The Bertz CT molecular complexity index is 957. The number of carbonyl (C=O) groups is 1. The van der Waals surface area contributed by atoms with Crippen LogP contribution >= 0.6 is 0 Å². The van der Waals surface area contributed by atoms with Crippen LogP contribution in [0.5, 0.6) is 17.2 Å². The predicted molar refractivity (Wildman–Crippen MR) is 107 cm³/mol. The van der Waals surface area contributed by atoms with E-state index in [-0.39, 0.29) is 4.90 Å². The van der Waals surface area contributed by atoms with E-state index in [4.69, 9.17) is 14.2 Å². The van der Waals surface area contributed by atoms with Crippen molar-refractivity contribution >= 4 is 15.9 Å². The van der Waals surface area contributed by atoms with Crippen LogP contribution in [-0.2, 0) is 10.0 Å². The molecule has 0 atom stereocenters. The Balaban J connectivity index is 1.58. The molecular formula is C20H24N2O6S. The number of amides is 1. The number of hydrogen-bond donors (Lipinski definition) is 2. The summed E-state index contributed by atoms with van der Waals surface area (Å²) in [6.45, 7) is 5.58. The van der Waals surface area contributed by atoms with E-state index in [0.717, 1.165) is 6.42 Å². The van der Waals surface area contributed by atoms with E-state index in [9.17, 15) is 13.2 Å². The minimum Gasteiger partial charge on any atom is -0.494 e. The maximum absolute atomic E-state index is 12.4. The van der Waals surface area contributed by atoms with Gasteiger partial charge in [-0.15, -0.1) is 4.83 Å². The molecule has 0 saturated heterocycles. The van der Waals surface area contributed by atoms with Gasteiger partial charge in [0.1, 0.15) is 19.0 Å². The first-order valence-electron chi connectivity index (χ1n) is 9.30. The van der Waals surface area contributed by atoms with Crippen LogP contribution in [0.1, 0.15) is 30.6 Å². The maximum Gasteiger partial charge on any atom is 0.266 e. The van der Waals surface area contributed by atoms with E-state index in [1.165, 1.54) is 18.2 Å². The summed E-state index contributed by atoms with van der Waals surface area (Å²) >= 11 is 0. The number of hydrogen-bond acceptors (Lipinski definition) is 6. The molecule has 1 heterocycles. The summed E-state index contributed by atoms with van der Waals surface area (Å²) in [5.74, 6) is 1.44. The van der Waals surface area contributed by atoms with Gasteiger partial charge in [-0.3, -0.25) is 10.2 Å². The average molecular weight is 420 g/mol. The Morgan fingerprint density at radius 2 is 1.76 bits per heavy atom. The average Bonchev–Trinajstić information content (AvgIpc) is 2.72. The SMILES string of the molecule is CC(C)CCOc1ccc(C(=O)NNS(=O)(=O)c2ccc3c(c2)OCCO3)cc1. The van der Waals surface area contributed by atoms with Crippen molar-refractivity contribution in [1.82, 2.24) is 10.3 Å². The summed E-state index contributed by atoms with van der Waals surface area (Å²) in [4.78, 5) is 14.3. The molecule has 0 saturated carbocycles. The van der Waals surface area contributed by atoms with E-state index in [1.54, 1.807) is 24.3 Å². The van der Waals surface area contributed by atoms with Crippen molar-refractivity contribution in [3.8, 4) is 17.2 Å². The summed E-state index contributed by atoms with van der Waals surface area (Å²) in [5.41, 5.74) is 2.50. The molecule has 9 heteroatoms. The van der Waals surface area contributed by atoms with E-state index < -0.39 is 15.9 Å². The van der Waals surface area contributed by atoms with Crippen LogP contribution in [0.2, 0.25) is 0 Å². The van der Waals surface area contributed by atoms with Crippen molar-refractivity contribution in [2.45, 2.75) is 25.2 Å². The fraction of sp³-hybridized carbons (Fsp3) is 0.350. The molecular weight excluding hydrogens is 396 g/mol. The smallest absolute Gasteiger partial charge is 0.266 e. The van der Waals surface area contributed by atoms with Crippen molar-refractivity contribution in [1.29, 1.82) is 0 Å². The van der Waals surface area contributed by atoms with Crippen molar-refractivity contribution in [2.75, 3.05) is 19.8 Å². The third-order valence-corrected chi connectivity index (χ3v) is 5.45. The summed E-state index contributed by atoms with van der Waals surface area (Å²) in [6, 6.07) is 10.7. The zero-order valence-corrected chi connectivity index (χ0v) is 17.1. The molecule has 156 valence electrons. The molecule has 29 heavy (non-hydrogen) atoms. The Kier molecular flexibility index (Phi) is 6.60. The van der Waals surface area contributed by atoms with Crippen molar-refractivity contribution in [3.05, 3.63) is 48.0 Å². The van der Waals surface area contributed by atoms with Crippen molar-refractivity contribution in [3.63, 3.8) is 0 Å². The van der Waals surface area contributed by atoms with Gasteiger partial charge >= 0.3 is 0 Å². The molecule has 0 bridgehead atoms. The van der Waals surface area contributed by atoms with Gasteiger partial charge in [0, 0.05) is 11.6 Å². The lowest BCUT2D eigenvalue weighted by molar-refractivity contribution is 0.0945. The van der Waals surface area contributed by atoms with Gasteiger partial charge in [-0.2, -0.15) is 0 Å². The number of sulfonamides is 1. The molecule has 3 rings (SSSR count). The highest BCUT2D eigenvalue weighted by Gasteiger charge is 2.20. The summed E-state index contributed by atoms with van der Waals surface area (Å²) in [6.07, 6.45) is 0.934. The number of rotatable bonds is 8.